The second-order valence-electron chi connectivity index (χ2n) is 8.21. The highest BCUT2D eigenvalue weighted by Crippen LogP contribution is 2.45. The van der Waals surface area contributed by atoms with Gasteiger partial charge in [-0.2, -0.15) is 0 Å². The number of Topliss-reactive ketones (excluding diaryl/α,β-unsaturated/α-hetero) is 1. The fraction of sp³-hybridized carbons (Fsp3) is 0.179. The molecule has 0 radical (unpaired) electrons. The molecule has 1 fully saturated rings. The van der Waals surface area contributed by atoms with Crippen LogP contribution in [0.4, 0.5) is 11.4 Å². The Morgan fingerprint density at radius 2 is 1.57 bits per heavy atom. The van der Waals surface area contributed by atoms with E-state index in [1.165, 1.54) is 39.2 Å². The van der Waals surface area contributed by atoms with Crippen LogP contribution in [0.5, 0.6) is 17.2 Å². The molecule has 190 valence electrons. The Morgan fingerprint density at radius 1 is 0.865 bits per heavy atom. The summed E-state index contributed by atoms with van der Waals surface area (Å²) in [6, 6.07) is 17.2. The number of ketones is 1. The van der Waals surface area contributed by atoms with Crippen LogP contribution in [0, 0.1) is 0 Å². The molecule has 1 unspecified atom stereocenters. The van der Waals surface area contributed by atoms with Gasteiger partial charge in [0, 0.05) is 29.4 Å². The predicted molar refractivity (Wildman–Crippen MR) is 138 cm³/mol. The number of nitrogens with zero attached hydrogens (tertiary/aromatic N) is 1. The lowest BCUT2D eigenvalue weighted by molar-refractivity contribution is -0.132. The van der Waals surface area contributed by atoms with E-state index >= 15 is 0 Å². The molecule has 1 atom stereocenters. The lowest BCUT2D eigenvalue weighted by atomic mass is 9.94. The SMILES string of the molecule is COc1ccc(/C(O)=C2\C(=O)C(=O)N(c3cccc(NC(C)=O)c3)C2c2ccccc2OC)cc1OC. The highest BCUT2D eigenvalue weighted by atomic mass is 16.5. The Kier molecular flexibility index (Phi) is 7.15. The van der Waals surface area contributed by atoms with E-state index in [1.807, 2.05) is 0 Å². The summed E-state index contributed by atoms with van der Waals surface area (Å²) in [6.07, 6.45) is 0. The largest absolute Gasteiger partial charge is 0.507 e. The number of ether oxygens (including phenoxy) is 3. The normalized spacial score (nSPS) is 16.4. The van der Waals surface area contributed by atoms with Gasteiger partial charge >= 0.3 is 0 Å². The molecule has 1 heterocycles. The van der Waals surface area contributed by atoms with Crippen molar-refractivity contribution in [2.45, 2.75) is 13.0 Å². The molecule has 9 heteroatoms. The second kappa shape index (κ2) is 10.4. The molecule has 3 aromatic carbocycles. The summed E-state index contributed by atoms with van der Waals surface area (Å²) in [5.41, 5.74) is 1.45. The van der Waals surface area contributed by atoms with Gasteiger partial charge in [-0.25, -0.2) is 0 Å². The average molecular weight is 503 g/mol. The van der Waals surface area contributed by atoms with Gasteiger partial charge in [0.05, 0.1) is 32.9 Å². The number of hydrogen-bond acceptors (Lipinski definition) is 7. The number of nitrogens with one attached hydrogen (secondary N) is 1. The van der Waals surface area contributed by atoms with Crippen LogP contribution in [0.15, 0.2) is 72.3 Å². The first kappa shape index (κ1) is 25.3. The van der Waals surface area contributed by atoms with Crippen molar-refractivity contribution in [1.82, 2.24) is 0 Å². The molecule has 37 heavy (non-hydrogen) atoms. The van der Waals surface area contributed by atoms with Gasteiger partial charge in [0.15, 0.2) is 11.5 Å². The fourth-order valence-electron chi connectivity index (χ4n) is 4.36. The zero-order valence-corrected chi connectivity index (χ0v) is 20.8. The zero-order chi connectivity index (χ0) is 26.7. The summed E-state index contributed by atoms with van der Waals surface area (Å²) < 4.78 is 16.2. The van der Waals surface area contributed by atoms with Crippen LogP contribution in [0.3, 0.4) is 0 Å². The van der Waals surface area contributed by atoms with Crippen molar-refractivity contribution in [2.24, 2.45) is 0 Å². The van der Waals surface area contributed by atoms with Crippen LogP contribution < -0.4 is 24.4 Å². The molecule has 3 aromatic rings. The third-order valence-electron chi connectivity index (χ3n) is 5.98. The minimum atomic E-state index is -1.02. The van der Waals surface area contributed by atoms with Crippen molar-refractivity contribution in [3.8, 4) is 17.2 Å². The van der Waals surface area contributed by atoms with E-state index in [0.29, 0.717) is 34.2 Å². The van der Waals surface area contributed by atoms with Crippen molar-refractivity contribution in [1.29, 1.82) is 0 Å². The fourth-order valence-corrected chi connectivity index (χ4v) is 4.36. The van der Waals surface area contributed by atoms with E-state index in [0.717, 1.165) is 0 Å². The van der Waals surface area contributed by atoms with Gasteiger partial charge in [-0.05, 0) is 42.5 Å². The Morgan fingerprint density at radius 3 is 2.24 bits per heavy atom. The maximum Gasteiger partial charge on any atom is 0.300 e. The molecule has 9 nitrogen and oxygen atoms in total. The van der Waals surface area contributed by atoms with Gasteiger partial charge in [0.2, 0.25) is 5.91 Å². The molecule has 1 aliphatic heterocycles. The predicted octanol–water partition coefficient (Wildman–Crippen LogP) is 4.30. The molecule has 4 rings (SSSR count). The van der Waals surface area contributed by atoms with E-state index < -0.39 is 17.7 Å². The topological polar surface area (TPSA) is 114 Å². The lowest BCUT2D eigenvalue weighted by Gasteiger charge is -2.27. The summed E-state index contributed by atoms with van der Waals surface area (Å²) in [5.74, 6) is -1.15. The number of aliphatic hydroxyl groups excluding tert-OH is 1. The molecule has 0 aliphatic carbocycles. The first-order valence-corrected chi connectivity index (χ1v) is 11.3. The van der Waals surface area contributed by atoms with E-state index in [4.69, 9.17) is 14.2 Å². The molecule has 1 aliphatic rings. The molecule has 0 saturated carbocycles. The van der Waals surface area contributed by atoms with Gasteiger partial charge < -0.3 is 24.6 Å². The van der Waals surface area contributed by atoms with Crippen molar-refractivity contribution in [2.75, 3.05) is 31.5 Å². The van der Waals surface area contributed by atoms with E-state index in [1.54, 1.807) is 60.7 Å². The molecule has 2 N–H and O–H groups in total. The maximum absolute atomic E-state index is 13.5. The number of rotatable bonds is 7. The number of benzene rings is 3. The van der Waals surface area contributed by atoms with Gasteiger partial charge in [-0.3, -0.25) is 19.3 Å². The number of carbonyl (C=O) groups excluding carboxylic acids is 3. The molecule has 2 amide bonds. The summed E-state index contributed by atoms with van der Waals surface area (Å²) in [7, 11) is 4.42. The number of carbonyl (C=O) groups is 3. The van der Waals surface area contributed by atoms with Crippen LogP contribution in [0.25, 0.3) is 5.76 Å². The van der Waals surface area contributed by atoms with Crippen molar-refractivity contribution in [3.63, 3.8) is 0 Å². The maximum atomic E-state index is 13.5. The minimum absolute atomic E-state index is 0.119. The molecule has 1 saturated heterocycles. The summed E-state index contributed by atoms with van der Waals surface area (Å²) >= 11 is 0. The Labute approximate surface area is 213 Å². The summed E-state index contributed by atoms with van der Waals surface area (Å²) in [4.78, 5) is 39.8. The van der Waals surface area contributed by atoms with E-state index in [9.17, 15) is 19.5 Å². The van der Waals surface area contributed by atoms with Crippen LogP contribution in [-0.2, 0) is 14.4 Å². The average Bonchev–Trinajstić information content (AvgIpc) is 3.17. The number of para-hydroxylation sites is 1. The van der Waals surface area contributed by atoms with E-state index in [-0.39, 0.29) is 22.8 Å². The molecule has 0 aromatic heterocycles. The number of hydrogen-bond donors (Lipinski definition) is 2. The van der Waals surface area contributed by atoms with Crippen LogP contribution in [0.1, 0.15) is 24.1 Å². The highest BCUT2D eigenvalue weighted by Gasteiger charge is 2.48. The number of anilines is 2. The quantitative estimate of drug-likeness (QED) is 0.281. The Hall–Kier alpha value is -4.79. The molecule has 0 bridgehead atoms. The molecule has 0 spiro atoms. The van der Waals surface area contributed by atoms with Gasteiger partial charge in [-0.1, -0.05) is 24.3 Å². The third kappa shape index (κ3) is 4.71. The number of aliphatic hydroxyl groups is 1. The second-order valence-corrected chi connectivity index (χ2v) is 8.21. The third-order valence-corrected chi connectivity index (χ3v) is 5.98. The first-order valence-electron chi connectivity index (χ1n) is 11.3. The highest BCUT2D eigenvalue weighted by molar-refractivity contribution is 6.51. The first-order chi connectivity index (χ1) is 17.8. The monoisotopic (exact) mass is 502 g/mol. The molecular formula is C28H26N2O7. The van der Waals surface area contributed by atoms with E-state index in [2.05, 4.69) is 5.32 Å². The minimum Gasteiger partial charge on any atom is -0.507 e. The van der Waals surface area contributed by atoms with Gasteiger partial charge in [-0.15, -0.1) is 0 Å². The zero-order valence-electron chi connectivity index (χ0n) is 20.8. The smallest absolute Gasteiger partial charge is 0.300 e. The standard InChI is InChI=1S/C28H26N2O7/c1-16(31)29-18-8-7-9-19(15-18)30-25(20-10-5-6-11-21(20)35-2)24(27(33)28(30)34)26(32)17-12-13-22(36-3)23(14-17)37-4/h5-15,25,32H,1-4H3,(H,29,31)/b26-24+. The number of methoxy groups -OCH3 is 3. The van der Waals surface area contributed by atoms with Gasteiger partial charge in [0.1, 0.15) is 11.5 Å². The lowest BCUT2D eigenvalue weighted by Crippen LogP contribution is -2.29. The van der Waals surface area contributed by atoms with Crippen LogP contribution in [-0.4, -0.2) is 44.0 Å². The summed E-state index contributed by atoms with van der Waals surface area (Å²) in [6.45, 7) is 1.37. The van der Waals surface area contributed by atoms with Gasteiger partial charge in [0.25, 0.3) is 11.7 Å². The van der Waals surface area contributed by atoms with Crippen molar-refractivity contribution in [3.05, 3.63) is 83.4 Å². The van der Waals surface area contributed by atoms with Crippen LogP contribution in [0.2, 0.25) is 0 Å². The Balaban J connectivity index is 1.96. The Bertz CT molecular complexity index is 1410. The number of amides is 2. The summed E-state index contributed by atoms with van der Waals surface area (Å²) in [5, 5.41) is 14.1. The van der Waals surface area contributed by atoms with Crippen LogP contribution >= 0.6 is 0 Å². The van der Waals surface area contributed by atoms with Crippen molar-refractivity contribution < 1.29 is 33.7 Å². The molecular weight excluding hydrogens is 476 g/mol. The van der Waals surface area contributed by atoms with Crippen molar-refractivity contribution >= 4 is 34.7 Å².